The van der Waals surface area contributed by atoms with Crippen LogP contribution < -0.4 is 10.9 Å². The average molecular weight is 228 g/mol. The number of carbonyl (C=O) groups excluding carboxylic acids is 1. The quantitative estimate of drug-likeness (QED) is 0.825. The summed E-state index contributed by atoms with van der Waals surface area (Å²) in [7, 11) is 0. The van der Waals surface area contributed by atoms with Crippen molar-refractivity contribution in [1.29, 1.82) is 0 Å². The van der Waals surface area contributed by atoms with Gasteiger partial charge in [0.2, 0.25) is 11.5 Å². The Bertz CT molecular complexity index is 602. The molecule has 0 unspecified atom stereocenters. The predicted molar refractivity (Wildman–Crippen MR) is 66.8 cm³/mol. The van der Waals surface area contributed by atoms with E-state index in [1.165, 1.54) is 13.0 Å². The summed E-state index contributed by atoms with van der Waals surface area (Å²) in [5.74, 6) is -0.122. The summed E-state index contributed by atoms with van der Waals surface area (Å²) in [4.78, 5) is 24.9. The Hall–Kier alpha value is -2.36. The second kappa shape index (κ2) is 4.65. The van der Waals surface area contributed by atoms with E-state index in [9.17, 15) is 9.59 Å². The summed E-state index contributed by atoms with van der Waals surface area (Å²) in [6.45, 7) is 1.46. The molecule has 0 spiro atoms. The van der Waals surface area contributed by atoms with Crippen molar-refractivity contribution in [2.24, 2.45) is 0 Å². The van der Waals surface area contributed by atoms with E-state index in [1.807, 2.05) is 24.3 Å². The molecule has 0 atom stereocenters. The second-order valence-electron chi connectivity index (χ2n) is 3.69. The van der Waals surface area contributed by atoms with Crippen LogP contribution in [0.1, 0.15) is 6.92 Å². The number of pyridine rings is 1. The molecule has 1 amide bonds. The number of benzene rings is 1. The van der Waals surface area contributed by atoms with E-state index in [4.69, 9.17) is 0 Å². The lowest BCUT2D eigenvalue weighted by atomic mass is 10.1. The first-order chi connectivity index (χ1) is 8.15. The zero-order chi connectivity index (χ0) is 12.3. The van der Waals surface area contributed by atoms with Crippen LogP contribution in [-0.4, -0.2) is 10.9 Å². The normalized spacial score (nSPS) is 9.94. The maximum atomic E-state index is 11.2. The summed E-state index contributed by atoms with van der Waals surface area (Å²) in [6, 6.07) is 12.3. The highest BCUT2D eigenvalue weighted by molar-refractivity contribution is 5.89. The molecule has 0 radical (unpaired) electrons. The van der Waals surface area contributed by atoms with Gasteiger partial charge in [0.15, 0.2) is 0 Å². The number of nitrogens with one attached hydrogen (secondary N) is 2. The van der Waals surface area contributed by atoms with Gasteiger partial charge in [0.25, 0.3) is 0 Å². The molecule has 17 heavy (non-hydrogen) atoms. The highest BCUT2D eigenvalue weighted by Gasteiger charge is 2.00. The van der Waals surface area contributed by atoms with Gasteiger partial charge in [-0.2, -0.15) is 0 Å². The number of H-pyrrole nitrogens is 1. The van der Waals surface area contributed by atoms with Gasteiger partial charge in [0.1, 0.15) is 0 Å². The van der Waals surface area contributed by atoms with E-state index in [-0.39, 0.29) is 11.5 Å². The molecule has 2 rings (SSSR count). The van der Waals surface area contributed by atoms with Gasteiger partial charge in [-0.1, -0.05) is 18.2 Å². The maximum absolute atomic E-state index is 11.2. The molecule has 1 aromatic carbocycles. The number of carbonyl (C=O) groups is 1. The first kappa shape index (κ1) is 11.1. The first-order valence-corrected chi connectivity index (χ1v) is 5.22. The zero-order valence-electron chi connectivity index (χ0n) is 9.36. The Morgan fingerprint density at radius 1 is 1.18 bits per heavy atom. The molecule has 86 valence electrons. The fourth-order valence-electron chi connectivity index (χ4n) is 1.58. The Balaban J connectivity index is 2.39. The maximum Gasteiger partial charge on any atom is 0.248 e. The molecular weight excluding hydrogens is 216 g/mol. The largest absolute Gasteiger partial charge is 0.326 e. The minimum absolute atomic E-state index is 0.122. The van der Waals surface area contributed by atoms with Gasteiger partial charge in [0.05, 0.1) is 0 Å². The summed E-state index contributed by atoms with van der Waals surface area (Å²) in [6.07, 6.45) is 0. The van der Waals surface area contributed by atoms with Crippen molar-refractivity contribution < 1.29 is 4.79 Å². The summed E-state index contributed by atoms with van der Waals surface area (Å²) in [5.41, 5.74) is 2.14. The van der Waals surface area contributed by atoms with Crippen LogP contribution in [0.15, 0.2) is 47.3 Å². The third-order valence-corrected chi connectivity index (χ3v) is 2.26. The Morgan fingerprint density at radius 3 is 2.65 bits per heavy atom. The van der Waals surface area contributed by atoms with Gasteiger partial charge in [-0.3, -0.25) is 9.59 Å². The molecule has 0 fully saturated rings. The van der Waals surface area contributed by atoms with E-state index in [1.54, 1.807) is 12.1 Å². The average Bonchev–Trinajstić information content (AvgIpc) is 2.28. The van der Waals surface area contributed by atoms with Crippen LogP contribution in [0.3, 0.4) is 0 Å². The van der Waals surface area contributed by atoms with Gasteiger partial charge >= 0.3 is 0 Å². The molecule has 1 aromatic heterocycles. The molecule has 4 nitrogen and oxygen atoms in total. The van der Waals surface area contributed by atoms with Crippen LogP contribution in [0.5, 0.6) is 0 Å². The molecule has 0 saturated heterocycles. The van der Waals surface area contributed by atoms with Gasteiger partial charge in [-0.25, -0.2) is 0 Å². The van der Waals surface area contributed by atoms with Gasteiger partial charge < -0.3 is 10.3 Å². The van der Waals surface area contributed by atoms with Crippen LogP contribution in [0.25, 0.3) is 11.3 Å². The monoisotopic (exact) mass is 228 g/mol. The standard InChI is InChI=1S/C13H12N2O2/c1-9(16)14-11-5-2-4-10(8-11)12-6-3-7-13(17)15-12/h2-8H,1H3,(H,14,16)(H,15,17). The minimum atomic E-state index is -0.146. The number of hydrogen-bond donors (Lipinski definition) is 2. The van der Waals surface area contributed by atoms with Crippen molar-refractivity contribution in [3.05, 3.63) is 52.8 Å². The predicted octanol–water partition coefficient (Wildman–Crippen LogP) is 2.00. The molecule has 2 aromatic rings. The van der Waals surface area contributed by atoms with Crippen LogP contribution in [0.4, 0.5) is 5.69 Å². The van der Waals surface area contributed by atoms with E-state index in [2.05, 4.69) is 10.3 Å². The van der Waals surface area contributed by atoms with Crippen molar-refractivity contribution in [2.45, 2.75) is 6.92 Å². The van der Waals surface area contributed by atoms with Crippen molar-refractivity contribution in [3.63, 3.8) is 0 Å². The third-order valence-electron chi connectivity index (χ3n) is 2.26. The minimum Gasteiger partial charge on any atom is -0.326 e. The molecule has 2 N–H and O–H groups in total. The van der Waals surface area contributed by atoms with Gasteiger partial charge in [-0.05, 0) is 18.2 Å². The summed E-state index contributed by atoms with van der Waals surface area (Å²) < 4.78 is 0. The topological polar surface area (TPSA) is 62.0 Å². The molecule has 0 saturated carbocycles. The van der Waals surface area contributed by atoms with Crippen LogP contribution >= 0.6 is 0 Å². The molecule has 0 bridgehead atoms. The number of aromatic amines is 1. The molecule has 4 heteroatoms. The Labute approximate surface area is 98.3 Å². The van der Waals surface area contributed by atoms with Crippen LogP contribution in [0, 0.1) is 0 Å². The lowest BCUT2D eigenvalue weighted by Crippen LogP contribution is -2.06. The van der Waals surface area contributed by atoms with Crippen molar-refractivity contribution in [3.8, 4) is 11.3 Å². The van der Waals surface area contributed by atoms with Crippen molar-refractivity contribution in [1.82, 2.24) is 4.98 Å². The highest BCUT2D eigenvalue weighted by Crippen LogP contribution is 2.19. The van der Waals surface area contributed by atoms with Gasteiger partial charge in [0, 0.05) is 29.9 Å². The van der Waals surface area contributed by atoms with E-state index in [0.29, 0.717) is 5.69 Å². The van der Waals surface area contributed by atoms with Crippen molar-refractivity contribution in [2.75, 3.05) is 5.32 Å². The molecule has 0 aliphatic carbocycles. The van der Waals surface area contributed by atoms with E-state index >= 15 is 0 Å². The summed E-state index contributed by atoms with van der Waals surface area (Å²) >= 11 is 0. The number of anilines is 1. The summed E-state index contributed by atoms with van der Waals surface area (Å²) in [5, 5.41) is 2.70. The Morgan fingerprint density at radius 2 is 1.94 bits per heavy atom. The SMILES string of the molecule is CC(=O)Nc1cccc(-c2cccc(=O)[nH]2)c1. The van der Waals surface area contributed by atoms with Crippen LogP contribution in [-0.2, 0) is 4.79 Å². The molecule has 0 aliphatic heterocycles. The van der Waals surface area contributed by atoms with E-state index in [0.717, 1.165) is 11.3 Å². The lowest BCUT2D eigenvalue weighted by molar-refractivity contribution is -0.114. The second-order valence-corrected chi connectivity index (χ2v) is 3.69. The smallest absolute Gasteiger partial charge is 0.248 e. The number of amides is 1. The number of hydrogen-bond acceptors (Lipinski definition) is 2. The highest BCUT2D eigenvalue weighted by atomic mass is 16.1. The molecule has 1 heterocycles. The third kappa shape index (κ3) is 2.81. The van der Waals surface area contributed by atoms with Crippen LogP contribution in [0.2, 0.25) is 0 Å². The molecular formula is C13H12N2O2. The first-order valence-electron chi connectivity index (χ1n) is 5.22. The number of aromatic nitrogens is 1. The Kier molecular flexibility index (Phi) is 3.05. The fraction of sp³-hybridized carbons (Fsp3) is 0.0769. The van der Waals surface area contributed by atoms with E-state index < -0.39 is 0 Å². The number of rotatable bonds is 2. The molecule has 0 aliphatic rings. The van der Waals surface area contributed by atoms with Gasteiger partial charge in [-0.15, -0.1) is 0 Å². The fourth-order valence-corrected chi connectivity index (χ4v) is 1.58. The zero-order valence-corrected chi connectivity index (χ0v) is 9.36. The lowest BCUT2D eigenvalue weighted by Gasteiger charge is -2.05. The van der Waals surface area contributed by atoms with Crippen molar-refractivity contribution >= 4 is 11.6 Å².